The number of unbranched alkanes of at least 4 members (excludes halogenated alkanes) is 2. The third kappa shape index (κ3) is 3.34. The van der Waals surface area contributed by atoms with Gasteiger partial charge in [0.25, 0.3) is 22.2 Å². The second-order valence-corrected chi connectivity index (χ2v) is 8.83. The summed E-state index contributed by atoms with van der Waals surface area (Å²) in [5.74, 6) is 0. The largest absolute Gasteiger partial charge is 0.271 e. The summed E-state index contributed by atoms with van der Waals surface area (Å²) in [6.45, 7) is 7.64. The number of rotatable bonds is 8. The van der Waals surface area contributed by atoms with Crippen LogP contribution in [0.2, 0.25) is 10.0 Å². The predicted octanol–water partition coefficient (Wildman–Crippen LogP) is 4.72. The van der Waals surface area contributed by atoms with Gasteiger partial charge in [-0.05, 0) is 26.7 Å². The summed E-state index contributed by atoms with van der Waals surface area (Å²) >= 11 is 13.0. The van der Waals surface area contributed by atoms with Crippen molar-refractivity contribution in [3.63, 3.8) is 0 Å². The molecule has 0 N–H and O–H groups in total. The van der Waals surface area contributed by atoms with Crippen LogP contribution >= 0.6 is 23.2 Å². The van der Waals surface area contributed by atoms with Crippen LogP contribution in [0, 0.1) is 0 Å². The zero-order chi connectivity index (χ0) is 22.3. The lowest BCUT2D eigenvalue weighted by molar-refractivity contribution is 0.469. The standard InChI is InChI=1S/C22H26Cl2N2O4/c1-5-7-9-11(3)25-19(27)13-14(20(25)28)18(24)16-15(17(13)23)21(29)26(22(16)30)12(4)10-8-6-2/h11-12H,5-10H2,1-4H3. The van der Waals surface area contributed by atoms with Crippen LogP contribution in [0.1, 0.15) is 78.3 Å². The Balaban J connectivity index is 2.39. The Morgan fingerprint density at radius 2 is 0.900 bits per heavy atom. The summed E-state index contributed by atoms with van der Waals surface area (Å²) < 4.78 is 2.29. The van der Waals surface area contributed by atoms with E-state index < -0.39 is 22.2 Å². The Morgan fingerprint density at radius 1 is 0.633 bits per heavy atom. The van der Waals surface area contributed by atoms with Gasteiger partial charge in [0.1, 0.15) is 0 Å². The molecule has 162 valence electrons. The van der Waals surface area contributed by atoms with E-state index in [2.05, 4.69) is 0 Å². The topological polar surface area (TPSA) is 78.1 Å². The summed E-state index contributed by atoms with van der Waals surface area (Å²) in [6, 6.07) is -0.674. The monoisotopic (exact) mass is 452 g/mol. The highest BCUT2D eigenvalue weighted by Crippen LogP contribution is 2.34. The number of nitrogens with zero attached hydrogens (tertiary/aromatic N) is 2. The zero-order valence-corrected chi connectivity index (χ0v) is 19.2. The molecule has 2 unspecified atom stereocenters. The normalized spacial score (nSPS) is 14.1. The van der Waals surface area contributed by atoms with Gasteiger partial charge in [-0.3, -0.25) is 28.3 Å². The van der Waals surface area contributed by atoms with Crippen LogP contribution in [0.3, 0.4) is 0 Å². The van der Waals surface area contributed by atoms with Crippen molar-refractivity contribution in [1.29, 1.82) is 0 Å². The van der Waals surface area contributed by atoms with E-state index in [0.29, 0.717) is 12.8 Å². The molecule has 0 spiro atoms. The first-order valence-electron chi connectivity index (χ1n) is 10.5. The van der Waals surface area contributed by atoms with Crippen LogP contribution in [0.4, 0.5) is 0 Å². The lowest BCUT2D eigenvalue weighted by Crippen LogP contribution is -2.29. The van der Waals surface area contributed by atoms with E-state index in [-0.39, 0.29) is 43.7 Å². The molecule has 0 radical (unpaired) electrons. The Hall–Kier alpha value is -1.92. The van der Waals surface area contributed by atoms with E-state index in [1.807, 2.05) is 13.8 Å². The fourth-order valence-electron chi connectivity index (χ4n) is 4.22. The van der Waals surface area contributed by atoms with Crippen molar-refractivity contribution in [1.82, 2.24) is 9.13 Å². The summed E-state index contributed by atoms with van der Waals surface area (Å²) in [5.41, 5.74) is -2.26. The molecule has 8 heteroatoms. The second-order valence-electron chi connectivity index (χ2n) is 8.07. The van der Waals surface area contributed by atoms with Crippen LogP contribution in [0.5, 0.6) is 0 Å². The molecule has 0 fully saturated rings. The maximum absolute atomic E-state index is 13.1. The highest BCUT2D eigenvalue weighted by Gasteiger charge is 2.29. The van der Waals surface area contributed by atoms with Gasteiger partial charge in [-0.2, -0.15) is 0 Å². The Kier molecular flexibility index (Phi) is 6.58. The van der Waals surface area contributed by atoms with Gasteiger partial charge in [0.15, 0.2) is 0 Å². The average Bonchev–Trinajstić information content (AvgIpc) is 3.12. The number of fused-ring (bicyclic) bond motifs is 2. The molecule has 2 heterocycles. The van der Waals surface area contributed by atoms with Gasteiger partial charge in [0.05, 0.1) is 31.6 Å². The second kappa shape index (κ2) is 8.67. The van der Waals surface area contributed by atoms with Crippen molar-refractivity contribution in [2.45, 2.75) is 78.3 Å². The minimum atomic E-state index is -0.564. The summed E-state index contributed by atoms with van der Waals surface area (Å²) in [5, 5.41) is -0.597. The molecule has 1 aromatic carbocycles. The van der Waals surface area contributed by atoms with E-state index in [9.17, 15) is 19.2 Å². The smallest absolute Gasteiger partial charge is 0.263 e. The van der Waals surface area contributed by atoms with Gasteiger partial charge in [0, 0.05) is 12.1 Å². The molecule has 3 rings (SSSR count). The van der Waals surface area contributed by atoms with Crippen molar-refractivity contribution < 1.29 is 0 Å². The lowest BCUT2D eigenvalue weighted by atomic mass is 10.1. The maximum Gasteiger partial charge on any atom is 0.263 e. The van der Waals surface area contributed by atoms with Crippen LogP contribution in [0.15, 0.2) is 19.2 Å². The van der Waals surface area contributed by atoms with Crippen molar-refractivity contribution in [3.05, 3.63) is 51.5 Å². The van der Waals surface area contributed by atoms with E-state index in [0.717, 1.165) is 34.8 Å². The minimum Gasteiger partial charge on any atom is -0.271 e. The first-order valence-corrected chi connectivity index (χ1v) is 11.2. The van der Waals surface area contributed by atoms with Gasteiger partial charge in [-0.25, -0.2) is 0 Å². The Morgan fingerprint density at radius 3 is 1.13 bits per heavy atom. The summed E-state index contributed by atoms with van der Waals surface area (Å²) in [7, 11) is 0. The Bertz CT molecular complexity index is 1130. The molecule has 2 atom stereocenters. The molecular formula is C22H26Cl2N2O4. The van der Waals surface area contributed by atoms with Crippen molar-refractivity contribution >= 4 is 44.7 Å². The Labute approximate surface area is 183 Å². The highest BCUT2D eigenvalue weighted by atomic mass is 35.5. The van der Waals surface area contributed by atoms with Gasteiger partial charge in [-0.1, -0.05) is 62.7 Å². The molecular weight excluding hydrogens is 427 g/mol. The lowest BCUT2D eigenvalue weighted by Gasteiger charge is -2.10. The number of aromatic nitrogens is 2. The van der Waals surface area contributed by atoms with Gasteiger partial charge in [-0.15, -0.1) is 0 Å². The molecule has 0 amide bonds. The van der Waals surface area contributed by atoms with Crippen LogP contribution in [-0.4, -0.2) is 9.13 Å². The zero-order valence-electron chi connectivity index (χ0n) is 17.7. The van der Waals surface area contributed by atoms with Crippen LogP contribution < -0.4 is 22.2 Å². The predicted molar refractivity (Wildman–Crippen MR) is 123 cm³/mol. The maximum atomic E-state index is 13.1. The summed E-state index contributed by atoms with van der Waals surface area (Å²) in [4.78, 5) is 52.3. The molecule has 0 saturated heterocycles. The molecule has 30 heavy (non-hydrogen) atoms. The molecule has 3 aromatic rings. The van der Waals surface area contributed by atoms with Crippen molar-refractivity contribution in [2.24, 2.45) is 0 Å². The van der Waals surface area contributed by atoms with E-state index in [1.54, 1.807) is 13.8 Å². The average molecular weight is 453 g/mol. The SMILES string of the molecule is CCCCC(C)n1c(=O)c2c(Cl)c3c(=O)n(C(C)CCCC)c(=O)c3c(Cl)c2c1=O. The summed E-state index contributed by atoms with van der Waals surface area (Å²) in [6.07, 6.45) is 4.87. The third-order valence-electron chi connectivity index (χ3n) is 5.94. The minimum absolute atomic E-state index is 0.0713. The van der Waals surface area contributed by atoms with Gasteiger partial charge >= 0.3 is 0 Å². The molecule has 0 aliphatic carbocycles. The van der Waals surface area contributed by atoms with Crippen LogP contribution in [0.25, 0.3) is 21.5 Å². The molecule has 0 aliphatic rings. The fourth-order valence-corrected chi connectivity index (χ4v) is 4.92. The highest BCUT2D eigenvalue weighted by molar-refractivity contribution is 6.47. The van der Waals surface area contributed by atoms with Crippen molar-refractivity contribution in [2.75, 3.05) is 0 Å². The molecule has 0 bridgehead atoms. The van der Waals surface area contributed by atoms with E-state index in [1.165, 1.54) is 0 Å². The fraction of sp³-hybridized carbons (Fsp3) is 0.545. The van der Waals surface area contributed by atoms with E-state index >= 15 is 0 Å². The number of halogens is 2. The van der Waals surface area contributed by atoms with Crippen LogP contribution in [-0.2, 0) is 0 Å². The number of hydrogen-bond acceptors (Lipinski definition) is 4. The van der Waals surface area contributed by atoms with Gasteiger partial charge < -0.3 is 0 Å². The van der Waals surface area contributed by atoms with Crippen molar-refractivity contribution in [3.8, 4) is 0 Å². The quantitative estimate of drug-likeness (QED) is 0.495. The van der Waals surface area contributed by atoms with E-state index in [4.69, 9.17) is 23.2 Å². The number of benzene rings is 1. The first kappa shape index (κ1) is 22.8. The molecule has 6 nitrogen and oxygen atoms in total. The van der Waals surface area contributed by atoms with Gasteiger partial charge in [0.2, 0.25) is 0 Å². The molecule has 2 aromatic heterocycles. The first-order chi connectivity index (χ1) is 14.2. The third-order valence-corrected chi connectivity index (χ3v) is 6.70. The molecule has 0 saturated carbocycles. The number of hydrogen-bond donors (Lipinski definition) is 0. The molecule has 0 aliphatic heterocycles.